The van der Waals surface area contributed by atoms with Crippen molar-refractivity contribution in [3.8, 4) is 11.1 Å². The number of hydrogen-bond donors (Lipinski definition) is 1. The van der Waals surface area contributed by atoms with E-state index in [0.717, 1.165) is 6.07 Å². The van der Waals surface area contributed by atoms with Gasteiger partial charge in [0.15, 0.2) is 18.9 Å². The highest BCUT2D eigenvalue weighted by Crippen LogP contribution is 2.28. The highest BCUT2D eigenvalue weighted by molar-refractivity contribution is 5.90. The summed E-state index contributed by atoms with van der Waals surface area (Å²) in [5.41, 5.74) is 1.76. The minimum absolute atomic E-state index is 0. The van der Waals surface area contributed by atoms with Gasteiger partial charge in [-0.05, 0) is 35.9 Å². The summed E-state index contributed by atoms with van der Waals surface area (Å²) in [5, 5.41) is 2.59. The monoisotopic (exact) mass is 535 g/mol. The van der Waals surface area contributed by atoms with E-state index in [1.165, 1.54) is 30.0 Å². The highest BCUT2D eigenvalue weighted by Gasteiger charge is 2.32. The van der Waals surface area contributed by atoms with Gasteiger partial charge >= 0.3 is 6.09 Å². The van der Waals surface area contributed by atoms with Crippen LogP contribution in [-0.4, -0.2) is 31.2 Å². The molecule has 4 rings (SSSR count). The number of pyridine rings is 1. The van der Waals surface area contributed by atoms with Crippen molar-refractivity contribution < 1.29 is 49.0 Å². The van der Waals surface area contributed by atoms with Crippen molar-refractivity contribution in [2.75, 3.05) is 18.0 Å². The van der Waals surface area contributed by atoms with Gasteiger partial charge < -0.3 is 27.0 Å². The summed E-state index contributed by atoms with van der Waals surface area (Å²) in [6.45, 7) is 2.01. The molecule has 1 aliphatic heterocycles. The minimum atomic E-state index is -0.646. The molecule has 2 amide bonds. The van der Waals surface area contributed by atoms with Gasteiger partial charge in [0.2, 0.25) is 5.91 Å². The second-order valence-electron chi connectivity index (χ2n) is 7.75. The molecule has 1 aliphatic rings. The Kier molecular flexibility index (Phi) is 7.93. The predicted molar refractivity (Wildman–Crippen MR) is 114 cm³/mol. The Hall–Kier alpha value is -3.40. The summed E-state index contributed by atoms with van der Waals surface area (Å²) in [6.07, 6.45) is 2.26. The van der Waals surface area contributed by atoms with Crippen LogP contribution in [0.4, 0.5) is 23.7 Å². The number of aromatic nitrogens is 1. The molecular weight excluding hydrogens is 515 g/mol. The van der Waals surface area contributed by atoms with Crippen molar-refractivity contribution >= 4 is 17.7 Å². The second kappa shape index (κ2) is 10.7. The fourth-order valence-corrected chi connectivity index (χ4v) is 3.66. The van der Waals surface area contributed by atoms with Gasteiger partial charge in [-0.1, -0.05) is 0 Å². The first-order chi connectivity index (χ1) is 15.8. The third-order valence-electron chi connectivity index (χ3n) is 5.21. The largest absolute Gasteiger partial charge is 1.00 e. The molecule has 2 aromatic carbocycles. The number of benzene rings is 2. The molecule has 0 aliphatic carbocycles. The van der Waals surface area contributed by atoms with Crippen LogP contribution in [0, 0.1) is 17.5 Å². The van der Waals surface area contributed by atoms with Gasteiger partial charge in [-0.2, -0.15) is 0 Å². The number of anilines is 1. The van der Waals surface area contributed by atoms with E-state index in [4.69, 9.17) is 4.74 Å². The summed E-state index contributed by atoms with van der Waals surface area (Å²) in [6, 6.07) is 11.2. The van der Waals surface area contributed by atoms with Gasteiger partial charge in [0.1, 0.15) is 23.6 Å². The number of ether oxygens (including phenoxy) is 1. The third-order valence-corrected chi connectivity index (χ3v) is 5.21. The highest BCUT2D eigenvalue weighted by atomic mass is 79.9. The van der Waals surface area contributed by atoms with E-state index in [1.807, 2.05) is 0 Å². The number of rotatable bonds is 6. The van der Waals surface area contributed by atoms with E-state index in [9.17, 15) is 22.8 Å². The van der Waals surface area contributed by atoms with E-state index in [0.29, 0.717) is 22.4 Å². The molecule has 0 radical (unpaired) electrons. The van der Waals surface area contributed by atoms with Gasteiger partial charge in [0, 0.05) is 36.2 Å². The summed E-state index contributed by atoms with van der Waals surface area (Å²) in [4.78, 5) is 24.5. The second-order valence-corrected chi connectivity index (χ2v) is 7.75. The molecule has 0 spiro atoms. The van der Waals surface area contributed by atoms with Gasteiger partial charge in [-0.3, -0.25) is 9.69 Å². The molecule has 34 heavy (non-hydrogen) atoms. The number of halogens is 4. The van der Waals surface area contributed by atoms with Crippen molar-refractivity contribution in [2.24, 2.45) is 0 Å². The lowest BCUT2D eigenvalue weighted by Crippen LogP contribution is -3.00. The average Bonchev–Trinajstić information content (AvgIpc) is 3.13. The molecule has 0 bridgehead atoms. The van der Waals surface area contributed by atoms with Gasteiger partial charge in [0.05, 0.1) is 18.8 Å². The van der Waals surface area contributed by atoms with Crippen LogP contribution in [0.25, 0.3) is 11.1 Å². The SMILES string of the molecule is CC(=O)NC[C@H]1CN(c2ccc(-c3cc[n+](Cc4cc(F)cc(F)c4)cc3)c(F)c2)C(=O)O1.[Br-]. The molecule has 1 saturated heterocycles. The standard InChI is InChI=1S/C24H20F3N3O3.BrH/c1-15(31)28-12-21-14-30(24(32)33-21)20-2-3-22(23(27)11-20)17-4-6-29(7-5-17)13-16-8-18(25)10-19(26)9-16;/h2-11,21H,12-14H2,1H3;1H/t21-;/m0./s1. The van der Waals surface area contributed by atoms with Crippen molar-refractivity contribution in [1.82, 2.24) is 5.32 Å². The van der Waals surface area contributed by atoms with Crippen molar-refractivity contribution in [2.45, 2.75) is 19.6 Å². The number of carbonyl (C=O) groups excluding carboxylic acids is 2. The molecule has 1 aromatic heterocycles. The Balaban J connectivity index is 0.00000324. The molecule has 1 fully saturated rings. The fourth-order valence-electron chi connectivity index (χ4n) is 3.66. The fraction of sp³-hybridized carbons (Fsp3) is 0.208. The molecule has 1 N–H and O–H groups in total. The topological polar surface area (TPSA) is 62.5 Å². The van der Waals surface area contributed by atoms with Crippen LogP contribution < -0.4 is 31.8 Å². The zero-order valence-electron chi connectivity index (χ0n) is 18.1. The predicted octanol–water partition coefficient (Wildman–Crippen LogP) is 0.572. The molecule has 3 aromatic rings. The van der Waals surface area contributed by atoms with E-state index in [1.54, 1.807) is 41.2 Å². The minimum Gasteiger partial charge on any atom is -1.00 e. The maximum atomic E-state index is 14.9. The zero-order valence-corrected chi connectivity index (χ0v) is 19.7. The smallest absolute Gasteiger partial charge is 0.414 e. The first-order valence-electron chi connectivity index (χ1n) is 10.2. The van der Waals surface area contributed by atoms with Gasteiger partial charge in [-0.15, -0.1) is 0 Å². The molecule has 0 saturated carbocycles. The normalized spacial score (nSPS) is 15.0. The number of nitrogens with zero attached hydrogens (tertiary/aromatic N) is 2. The zero-order chi connectivity index (χ0) is 23.5. The van der Waals surface area contributed by atoms with Gasteiger partial charge in [-0.25, -0.2) is 22.5 Å². The van der Waals surface area contributed by atoms with Crippen LogP contribution in [-0.2, 0) is 16.1 Å². The Morgan fingerprint density at radius 3 is 2.38 bits per heavy atom. The van der Waals surface area contributed by atoms with E-state index in [2.05, 4.69) is 5.32 Å². The Labute approximate surface area is 204 Å². The van der Waals surface area contributed by atoms with Crippen LogP contribution in [0.3, 0.4) is 0 Å². The Morgan fingerprint density at radius 1 is 1.09 bits per heavy atom. The average molecular weight is 536 g/mol. The van der Waals surface area contributed by atoms with Crippen LogP contribution in [0.1, 0.15) is 12.5 Å². The van der Waals surface area contributed by atoms with Crippen molar-refractivity contribution in [3.63, 3.8) is 0 Å². The Morgan fingerprint density at radius 2 is 1.76 bits per heavy atom. The van der Waals surface area contributed by atoms with E-state index >= 15 is 0 Å². The lowest BCUT2D eigenvalue weighted by molar-refractivity contribution is -0.688. The first-order valence-corrected chi connectivity index (χ1v) is 10.2. The molecule has 0 unspecified atom stereocenters. The van der Waals surface area contributed by atoms with E-state index in [-0.39, 0.29) is 42.5 Å². The molecular formula is C24H21BrF3N3O3. The van der Waals surface area contributed by atoms with Crippen LogP contribution in [0.5, 0.6) is 0 Å². The lowest BCUT2D eigenvalue weighted by Gasteiger charge is -2.14. The molecule has 10 heteroatoms. The number of cyclic esters (lactones) is 1. The maximum Gasteiger partial charge on any atom is 0.414 e. The quantitative estimate of drug-likeness (QED) is 0.469. The Bertz CT molecular complexity index is 1190. The van der Waals surface area contributed by atoms with Gasteiger partial charge in [0.25, 0.3) is 0 Å². The summed E-state index contributed by atoms with van der Waals surface area (Å²) in [7, 11) is 0. The summed E-state index contributed by atoms with van der Waals surface area (Å²) in [5.74, 6) is -2.04. The number of nitrogens with one attached hydrogen (secondary N) is 1. The molecule has 178 valence electrons. The number of carbonyl (C=O) groups is 2. The number of amides is 2. The third kappa shape index (κ3) is 5.93. The summed E-state index contributed by atoms with van der Waals surface area (Å²) < 4.78 is 48.6. The van der Waals surface area contributed by atoms with E-state index < -0.39 is 29.6 Å². The molecule has 6 nitrogen and oxygen atoms in total. The summed E-state index contributed by atoms with van der Waals surface area (Å²) >= 11 is 0. The van der Waals surface area contributed by atoms with Crippen LogP contribution in [0.15, 0.2) is 60.9 Å². The first kappa shape index (κ1) is 25.2. The van der Waals surface area contributed by atoms with Crippen LogP contribution >= 0.6 is 0 Å². The lowest BCUT2D eigenvalue weighted by atomic mass is 10.1. The maximum absolute atomic E-state index is 14.9. The molecule has 1 atom stereocenters. The molecule has 2 heterocycles. The van der Waals surface area contributed by atoms with Crippen LogP contribution in [0.2, 0.25) is 0 Å². The van der Waals surface area contributed by atoms with Crippen molar-refractivity contribution in [1.29, 1.82) is 0 Å². The van der Waals surface area contributed by atoms with Crippen molar-refractivity contribution in [3.05, 3.63) is 83.9 Å². The number of hydrogen-bond acceptors (Lipinski definition) is 3.